The molecule has 9 heteroatoms. The van der Waals surface area contributed by atoms with Crippen molar-refractivity contribution < 1.29 is 18.9 Å². The van der Waals surface area contributed by atoms with E-state index in [-0.39, 0.29) is 11.4 Å². The first-order valence-corrected chi connectivity index (χ1v) is 9.67. The van der Waals surface area contributed by atoms with Crippen molar-refractivity contribution in [2.45, 2.75) is 0 Å². The van der Waals surface area contributed by atoms with Gasteiger partial charge in [0, 0.05) is 35.4 Å². The molecule has 0 radical (unpaired) electrons. The van der Waals surface area contributed by atoms with Gasteiger partial charge in [-0.2, -0.15) is 0 Å². The van der Waals surface area contributed by atoms with Crippen LogP contribution in [0.15, 0.2) is 59.0 Å². The molecule has 30 heavy (non-hydrogen) atoms. The number of rotatable bonds is 5. The number of hydrogen-bond acceptors (Lipinski definition) is 6. The van der Waals surface area contributed by atoms with Gasteiger partial charge in [0.15, 0.2) is 5.76 Å². The summed E-state index contributed by atoms with van der Waals surface area (Å²) in [5.41, 5.74) is 1.48. The molecule has 0 bridgehead atoms. The van der Waals surface area contributed by atoms with Crippen molar-refractivity contribution in [2.75, 3.05) is 36.5 Å². The van der Waals surface area contributed by atoms with Crippen molar-refractivity contribution in [1.82, 2.24) is 0 Å². The number of morpholine rings is 1. The van der Waals surface area contributed by atoms with E-state index in [2.05, 4.69) is 5.32 Å². The van der Waals surface area contributed by atoms with Crippen molar-refractivity contribution in [3.8, 4) is 11.3 Å². The first-order chi connectivity index (χ1) is 14.5. The Labute approximate surface area is 177 Å². The van der Waals surface area contributed by atoms with Gasteiger partial charge in [0.2, 0.25) is 0 Å². The number of nitrogens with zero attached hydrogens (tertiary/aromatic N) is 2. The number of hydrogen-bond donors (Lipinski definition) is 1. The molecule has 1 amide bonds. The third-order valence-electron chi connectivity index (χ3n) is 4.72. The first kappa shape index (κ1) is 19.9. The lowest BCUT2D eigenvalue weighted by molar-refractivity contribution is -0.384. The van der Waals surface area contributed by atoms with Crippen molar-refractivity contribution >= 4 is 34.6 Å². The number of anilines is 2. The largest absolute Gasteiger partial charge is 0.451 e. The van der Waals surface area contributed by atoms with E-state index in [1.165, 1.54) is 6.07 Å². The summed E-state index contributed by atoms with van der Waals surface area (Å²) in [6.45, 7) is 2.18. The lowest BCUT2D eigenvalue weighted by atomic mass is 10.2. The summed E-state index contributed by atoms with van der Waals surface area (Å²) in [6.07, 6.45) is 0. The van der Waals surface area contributed by atoms with E-state index in [1.54, 1.807) is 42.5 Å². The molecule has 4 rings (SSSR count). The highest BCUT2D eigenvalue weighted by atomic mass is 35.5. The van der Waals surface area contributed by atoms with Gasteiger partial charge in [-0.25, -0.2) is 0 Å². The molecule has 0 atom stereocenters. The number of ether oxygens (including phenoxy) is 1. The normalized spacial score (nSPS) is 13.8. The van der Waals surface area contributed by atoms with E-state index in [0.717, 1.165) is 5.56 Å². The second-order valence-electron chi connectivity index (χ2n) is 6.69. The fraction of sp³-hybridized carbons (Fsp3) is 0.190. The number of furan rings is 1. The molecule has 1 N–H and O–H groups in total. The zero-order chi connectivity index (χ0) is 21.1. The average molecular weight is 428 g/mol. The Morgan fingerprint density at radius 3 is 2.63 bits per heavy atom. The number of nitro groups is 1. The lowest BCUT2D eigenvalue weighted by Gasteiger charge is -2.28. The summed E-state index contributed by atoms with van der Waals surface area (Å²) in [5, 5.41) is 14.8. The minimum atomic E-state index is -0.503. The van der Waals surface area contributed by atoms with Crippen LogP contribution in [0.1, 0.15) is 10.6 Å². The van der Waals surface area contributed by atoms with Crippen LogP contribution in [0.4, 0.5) is 17.1 Å². The Hall–Kier alpha value is -3.36. The Morgan fingerprint density at radius 1 is 1.10 bits per heavy atom. The highest BCUT2D eigenvalue weighted by Gasteiger charge is 2.23. The maximum absolute atomic E-state index is 12.6. The van der Waals surface area contributed by atoms with E-state index in [0.29, 0.717) is 48.5 Å². The summed E-state index contributed by atoms with van der Waals surface area (Å²) in [4.78, 5) is 25.6. The van der Waals surface area contributed by atoms with Gasteiger partial charge >= 0.3 is 0 Å². The molecule has 0 saturated carbocycles. The number of carbonyl (C=O) groups is 1. The molecule has 1 aliphatic heterocycles. The zero-order valence-electron chi connectivity index (χ0n) is 15.8. The van der Waals surface area contributed by atoms with Gasteiger partial charge in [-0.05, 0) is 36.4 Å². The second kappa shape index (κ2) is 8.56. The summed E-state index contributed by atoms with van der Waals surface area (Å²) in [6, 6.07) is 14.9. The van der Waals surface area contributed by atoms with E-state index < -0.39 is 10.8 Å². The standard InChI is InChI=1S/C21H18ClN3O5/c22-15-3-1-2-14(12-15)19-6-7-20(30-19)21(26)23-16-4-5-17(18(13-16)25(27)28)24-8-10-29-11-9-24/h1-7,12-13H,8-11H2,(H,23,26). The van der Waals surface area contributed by atoms with Gasteiger partial charge in [0.1, 0.15) is 11.4 Å². The van der Waals surface area contributed by atoms with Crippen LogP contribution in [0.5, 0.6) is 0 Å². The fourth-order valence-corrected chi connectivity index (χ4v) is 3.46. The molecule has 1 aliphatic rings. The maximum Gasteiger partial charge on any atom is 0.294 e. The first-order valence-electron chi connectivity index (χ1n) is 9.29. The summed E-state index contributed by atoms with van der Waals surface area (Å²) >= 11 is 5.99. The molecular weight excluding hydrogens is 410 g/mol. The molecule has 0 aliphatic carbocycles. The fourth-order valence-electron chi connectivity index (χ4n) is 3.27. The molecular formula is C21H18ClN3O5. The van der Waals surface area contributed by atoms with Crippen molar-refractivity contribution in [2.24, 2.45) is 0 Å². The number of halogens is 1. The Bertz CT molecular complexity index is 1090. The Kier molecular flexibility index (Phi) is 5.69. The molecule has 3 aromatic rings. The van der Waals surface area contributed by atoms with Gasteiger partial charge < -0.3 is 19.4 Å². The SMILES string of the molecule is O=C(Nc1ccc(N2CCOCC2)c([N+](=O)[O-])c1)c1ccc(-c2cccc(Cl)c2)o1. The molecule has 1 aromatic heterocycles. The monoisotopic (exact) mass is 427 g/mol. The van der Waals surface area contributed by atoms with Gasteiger partial charge in [-0.15, -0.1) is 0 Å². The topological polar surface area (TPSA) is 97.9 Å². The number of nitro benzene ring substituents is 1. The minimum Gasteiger partial charge on any atom is -0.451 e. The number of amides is 1. The lowest BCUT2D eigenvalue weighted by Crippen LogP contribution is -2.36. The summed E-state index contributed by atoms with van der Waals surface area (Å²) in [5.74, 6) is 0.0814. The molecule has 8 nitrogen and oxygen atoms in total. The second-order valence-corrected chi connectivity index (χ2v) is 7.12. The number of carbonyl (C=O) groups excluding carboxylic acids is 1. The molecule has 2 aromatic carbocycles. The molecule has 2 heterocycles. The molecule has 154 valence electrons. The Balaban J connectivity index is 1.53. The highest BCUT2D eigenvalue weighted by Crippen LogP contribution is 2.32. The van der Waals surface area contributed by atoms with E-state index >= 15 is 0 Å². The molecule has 0 unspecified atom stereocenters. The van der Waals surface area contributed by atoms with Crippen molar-refractivity contribution in [3.05, 3.63) is 75.5 Å². The Morgan fingerprint density at radius 2 is 1.90 bits per heavy atom. The van der Waals surface area contributed by atoms with Gasteiger partial charge in [-0.1, -0.05) is 23.7 Å². The highest BCUT2D eigenvalue weighted by molar-refractivity contribution is 6.30. The third-order valence-corrected chi connectivity index (χ3v) is 4.96. The molecule has 1 fully saturated rings. The average Bonchev–Trinajstić information content (AvgIpc) is 3.25. The van der Waals surface area contributed by atoms with Crippen LogP contribution in [0.2, 0.25) is 5.02 Å². The van der Waals surface area contributed by atoms with Crippen LogP contribution >= 0.6 is 11.6 Å². The van der Waals surface area contributed by atoms with E-state index in [4.69, 9.17) is 20.8 Å². The minimum absolute atomic E-state index is 0.0752. The predicted octanol–water partition coefficient (Wildman–Crippen LogP) is 4.60. The van der Waals surface area contributed by atoms with Crippen LogP contribution in [0.3, 0.4) is 0 Å². The van der Waals surface area contributed by atoms with Gasteiger partial charge in [0.05, 0.1) is 18.1 Å². The van der Waals surface area contributed by atoms with Crippen LogP contribution < -0.4 is 10.2 Å². The van der Waals surface area contributed by atoms with Gasteiger partial charge in [-0.3, -0.25) is 14.9 Å². The van der Waals surface area contributed by atoms with Crippen LogP contribution in [-0.4, -0.2) is 37.1 Å². The zero-order valence-corrected chi connectivity index (χ0v) is 16.6. The summed E-state index contributed by atoms with van der Waals surface area (Å²) in [7, 11) is 0. The van der Waals surface area contributed by atoms with Crippen molar-refractivity contribution in [3.63, 3.8) is 0 Å². The van der Waals surface area contributed by atoms with Crippen LogP contribution in [-0.2, 0) is 4.74 Å². The van der Waals surface area contributed by atoms with Gasteiger partial charge in [0.25, 0.3) is 11.6 Å². The third kappa shape index (κ3) is 4.29. The van der Waals surface area contributed by atoms with Crippen LogP contribution in [0.25, 0.3) is 11.3 Å². The number of benzene rings is 2. The predicted molar refractivity (Wildman–Crippen MR) is 113 cm³/mol. The van der Waals surface area contributed by atoms with E-state index in [1.807, 2.05) is 11.0 Å². The quantitative estimate of drug-likeness (QED) is 0.472. The number of nitrogens with one attached hydrogen (secondary N) is 1. The van der Waals surface area contributed by atoms with E-state index in [9.17, 15) is 14.9 Å². The maximum atomic E-state index is 12.6. The smallest absolute Gasteiger partial charge is 0.294 e. The molecule has 0 spiro atoms. The van der Waals surface area contributed by atoms with Crippen molar-refractivity contribution in [1.29, 1.82) is 0 Å². The van der Waals surface area contributed by atoms with Crippen LogP contribution in [0, 0.1) is 10.1 Å². The summed E-state index contributed by atoms with van der Waals surface area (Å²) < 4.78 is 10.9. The molecule has 1 saturated heterocycles.